The second-order valence-corrected chi connectivity index (χ2v) is 3.71. The second kappa shape index (κ2) is 6.08. The minimum Gasteiger partial charge on any atom is -0.354 e. The van der Waals surface area contributed by atoms with Crippen molar-refractivity contribution in [1.29, 1.82) is 0 Å². The van der Waals surface area contributed by atoms with Gasteiger partial charge in [0.1, 0.15) is 0 Å². The third-order valence-electron chi connectivity index (χ3n) is 2.23. The van der Waals surface area contributed by atoms with Crippen molar-refractivity contribution >= 4 is 11.6 Å². The molecule has 0 saturated carbocycles. The molecule has 1 rings (SSSR count). The summed E-state index contributed by atoms with van der Waals surface area (Å²) in [5.41, 5.74) is 6.94. The average molecular weight is 230 g/mol. The van der Waals surface area contributed by atoms with Gasteiger partial charge in [0, 0.05) is 19.2 Å². The first kappa shape index (κ1) is 12.5. The Bertz CT molecular complexity index is 302. The van der Waals surface area contributed by atoms with Gasteiger partial charge < -0.3 is 15.2 Å². The fourth-order valence-electron chi connectivity index (χ4n) is 1.46. The number of methoxy groups -OCH3 is 2. The minimum absolute atomic E-state index is 0.222. The molecule has 0 amide bonds. The lowest BCUT2D eigenvalue weighted by atomic mass is 10.1. The summed E-state index contributed by atoms with van der Waals surface area (Å²) in [6, 6.07) is 7.40. The van der Waals surface area contributed by atoms with Gasteiger partial charge in [-0.15, -0.1) is 0 Å². The predicted octanol–water partition coefficient (Wildman–Crippen LogP) is 1.83. The molecule has 4 heteroatoms. The van der Waals surface area contributed by atoms with Gasteiger partial charge in [-0.1, -0.05) is 29.8 Å². The number of hydrogen-bond acceptors (Lipinski definition) is 3. The number of hydrogen-bond donors (Lipinski definition) is 1. The molecule has 0 heterocycles. The maximum Gasteiger partial charge on any atom is 0.172 e. The molecule has 0 aliphatic carbocycles. The molecule has 0 bridgehead atoms. The Morgan fingerprint density at radius 3 is 2.40 bits per heavy atom. The zero-order chi connectivity index (χ0) is 11.3. The van der Waals surface area contributed by atoms with Crippen LogP contribution in [0.1, 0.15) is 5.56 Å². The Hall–Kier alpha value is -0.610. The van der Waals surface area contributed by atoms with Crippen LogP contribution >= 0.6 is 11.6 Å². The van der Waals surface area contributed by atoms with Crippen LogP contribution in [0.4, 0.5) is 0 Å². The molecular formula is C11H16ClNO2. The zero-order valence-corrected chi connectivity index (χ0v) is 9.70. The van der Waals surface area contributed by atoms with E-state index in [0.29, 0.717) is 6.42 Å². The van der Waals surface area contributed by atoms with E-state index in [9.17, 15) is 0 Å². The minimum atomic E-state index is -0.402. The van der Waals surface area contributed by atoms with Crippen LogP contribution in [-0.2, 0) is 15.9 Å². The standard InChI is InChI=1S/C11H16ClNO2/c1-14-11(15-2)10(13)7-8-5-3-4-6-9(8)12/h3-6,10-11H,7,13H2,1-2H3. The van der Waals surface area contributed by atoms with Gasteiger partial charge in [-0.25, -0.2) is 0 Å². The first-order valence-corrected chi connectivity index (χ1v) is 5.11. The van der Waals surface area contributed by atoms with Crippen LogP contribution in [0.5, 0.6) is 0 Å². The third kappa shape index (κ3) is 3.47. The van der Waals surface area contributed by atoms with Crippen molar-refractivity contribution in [1.82, 2.24) is 0 Å². The molecule has 3 nitrogen and oxygen atoms in total. The normalized spacial score (nSPS) is 13.1. The Morgan fingerprint density at radius 1 is 1.27 bits per heavy atom. The molecule has 0 saturated heterocycles. The summed E-state index contributed by atoms with van der Waals surface area (Å²) in [6.45, 7) is 0. The van der Waals surface area contributed by atoms with Gasteiger partial charge in [-0.05, 0) is 18.1 Å². The van der Waals surface area contributed by atoms with E-state index in [1.807, 2.05) is 24.3 Å². The van der Waals surface area contributed by atoms with Crippen LogP contribution in [0.2, 0.25) is 5.02 Å². The summed E-state index contributed by atoms with van der Waals surface area (Å²) < 4.78 is 10.2. The van der Waals surface area contributed by atoms with Crippen LogP contribution in [-0.4, -0.2) is 26.6 Å². The summed E-state index contributed by atoms with van der Waals surface area (Å²) in [4.78, 5) is 0. The Kier molecular flexibility index (Phi) is 5.05. The lowest BCUT2D eigenvalue weighted by molar-refractivity contribution is -0.115. The average Bonchev–Trinajstić information content (AvgIpc) is 2.23. The second-order valence-electron chi connectivity index (χ2n) is 3.30. The maximum atomic E-state index is 6.02. The van der Waals surface area contributed by atoms with Gasteiger partial charge in [0.25, 0.3) is 0 Å². The molecule has 2 N–H and O–H groups in total. The van der Waals surface area contributed by atoms with Crippen molar-refractivity contribution in [3.63, 3.8) is 0 Å². The predicted molar refractivity (Wildman–Crippen MR) is 60.9 cm³/mol. The first-order valence-electron chi connectivity index (χ1n) is 4.73. The summed E-state index contributed by atoms with van der Waals surface area (Å²) in [5, 5.41) is 0.721. The summed E-state index contributed by atoms with van der Waals surface area (Å²) in [5.74, 6) is 0. The largest absolute Gasteiger partial charge is 0.354 e. The molecule has 1 unspecified atom stereocenters. The molecule has 1 atom stereocenters. The maximum absolute atomic E-state index is 6.02. The van der Waals surface area contributed by atoms with Crippen molar-refractivity contribution < 1.29 is 9.47 Å². The van der Waals surface area contributed by atoms with Crippen LogP contribution < -0.4 is 5.73 Å². The molecular weight excluding hydrogens is 214 g/mol. The van der Waals surface area contributed by atoms with Gasteiger partial charge in [0.05, 0.1) is 6.04 Å². The highest BCUT2D eigenvalue weighted by atomic mass is 35.5. The van der Waals surface area contributed by atoms with Crippen molar-refractivity contribution in [2.75, 3.05) is 14.2 Å². The van der Waals surface area contributed by atoms with Crippen LogP contribution in [0, 0.1) is 0 Å². The van der Waals surface area contributed by atoms with Crippen molar-refractivity contribution in [2.45, 2.75) is 18.8 Å². The van der Waals surface area contributed by atoms with E-state index < -0.39 is 6.29 Å². The number of halogens is 1. The lowest BCUT2D eigenvalue weighted by Gasteiger charge is -2.21. The van der Waals surface area contributed by atoms with E-state index in [-0.39, 0.29) is 6.04 Å². The smallest absolute Gasteiger partial charge is 0.172 e. The molecule has 0 aliphatic heterocycles. The topological polar surface area (TPSA) is 44.5 Å². The van der Waals surface area contributed by atoms with E-state index in [4.69, 9.17) is 26.8 Å². The highest BCUT2D eigenvalue weighted by Crippen LogP contribution is 2.17. The van der Waals surface area contributed by atoms with Crippen LogP contribution in [0.15, 0.2) is 24.3 Å². The fourth-order valence-corrected chi connectivity index (χ4v) is 1.67. The molecule has 0 spiro atoms. The molecule has 15 heavy (non-hydrogen) atoms. The van der Waals surface area contributed by atoms with Crippen LogP contribution in [0.25, 0.3) is 0 Å². The van der Waals surface area contributed by atoms with E-state index in [0.717, 1.165) is 10.6 Å². The SMILES string of the molecule is COC(OC)C(N)Cc1ccccc1Cl. The number of nitrogens with two attached hydrogens (primary N) is 1. The molecule has 84 valence electrons. The van der Waals surface area contributed by atoms with E-state index in [1.54, 1.807) is 14.2 Å². The van der Waals surface area contributed by atoms with Gasteiger partial charge in [0.2, 0.25) is 0 Å². The molecule has 0 fully saturated rings. The fraction of sp³-hybridized carbons (Fsp3) is 0.455. The lowest BCUT2D eigenvalue weighted by Crippen LogP contribution is -2.39. The molecule has 0 aromatic heterocycles. The Morgan fingerprint density at radius 2 is 1.87 bits per heavy atom. The monoisotopic (exact) mass is 229 g/mol. The van der Waals surface area contributed by atoms with Crippen molar-refractivity contribution in [3.8, 4) is 0 Å². The Labute approximate surface area is 95.1 Å². The quantitative estimate of drug-likeness (QED) is 0.784. The molecule has 0 radical (unpaired) electrons. The van der Waals surface area contributed by atoms with Crippen molar-refractivity contribution in [2.24, 2.45) is 5.73 Å². The summed E-state index contributed by atoms with van der Waals surface area (Å²) in [6.07, 6.45) is 0.229. The van der Waals surface area contributed by atoms with Crippen LogP contribution in [0.3, 0.4) is 0 Å². The summed E-state index contributed by atoms with van der Waals surface area (Å²) in [7, 11) is 3.14. The number of rotatable bonds is 5. The van der Waals surface area contributed by atoms with Gasteiger partial charge in [-0.3, -0.25) is 0 Å². The zero-order valence-electron chi connectivity index (χ0n) is 8.94. The highest BCUT2D eigenvalue weighted by Gasteiger charge is 2.17. The highest BCUT2D eigenvalue weighted by molar-refractivity contribution is 6.31. The Balaban J connectivity index is 2.65. The van der Waals surface area contributed by atoms with E-state index in [1.165, 1.54) is 0 Å². The third-order valence-corrected chi connectivity index (χ3v) is 2.60. The molecule has 1 aromatic carbocycles. The molecule has 0 aliphatic rings. The van der Waals surface area contributed by atoms with Gasteiger partial charge in [-0.2, -0.15) is 0 Å². The van der Waals surface area contributed by atoms with E-state index in [2.05, 4.69) is 0 Å². The van der Waals surface area contributed by atoms with Gasteiger partial charge >= 0.3 is 0 Å². The first-order chi connectivity index (χ1) is 7.19. The summed E-state index contributed by atoms with van der Waals surface area (Å²) >= 11 is 6.02. The van der Waals surface area contributed by atoms with E-state index >= 15 is 0 Å². The number of benzene rings is 1. The number of ether oxygens (including phenoxy) is 2. The van der Waals surface area contributed by atoms with Gasteiger partial charge in [0.15, 0.2) is 6.29 Å². The molecule has 1 aromatic rings. The van der Waals surface area contributed by atoms with Crippen molar-refractivity contribution in [3.05, 3.63) is 34.9 Å².